The fraction of sp³-hybridized carbons (Fsp3) is 0.455. The summed E-state index contributed by atoms with van der Waals surface area (Å²) in [7, 11) is 0. The third kappa shape index (κ3) is 2.25. The van der Waals surface area contributed by atoms with Gasteiger partial charge in [-0.3, -0.25) is 0 Å². The van der Waals surface area contributed by atoms with Crippen LogP contribution in [0.2, 0.25) is 0 Å². The van der Waals surface area contributed by atoms with E-state index in [1.54, 1.807) is 6.92 Å². The molecule has 0 spiro atoms. The van der Waals surface area contributed by atoms with Gasteiger partial charge in [-0.05, 0) is 25.0 Å². The number of hydrogen-bond donors (Lipinski definition) is 0. The molecule has 0 aliphatic rings. The maximum Gasteiger partial charge on any atom is 0.432 e. The highest BCUT2D eigenvalue weighted by atomic mass is 19.4. The molecule has 1 aromatic rings. The van der Waals surface area contributed by atoms with E-state index >= 15 is 0 Å². The van der Waals surface area contributed by atoms with Crippen LogP contribution in [0.15, 0.2) is 18.2 Å². The Balaban J connectivity index is 3.39. The number of aryl methyl sites for hydroxylation is 2. The van der Waals surface area contributed by atoms with Crippen LogP contribution >= 0.6 is 0 Å². The molecule has 0 saturated carbocycles. The van der Waals surface area contributed by atoms with Crippen LogP contribution in [0.3, 0.4) is 0 Å². The highest BCUT2D eigenvalue weighted by Gasteiger charge is 2.63. The second-order valence-electron chi connectivity index (χ2n) is 3.81. The van der Waals surface area contributed by atoms with Gasteiger partial charge in [0.15, 0.2) is 0 Å². The van der Waals surface area contributed by atoms with Crippen molar-refractivity contribution in [2.45, 2.75) is 32.1 Å². The van der Waals surface area contributed by atoms with E-state index in [0.717, 1.165) is 12.1 Å². The largest absolute Gasteiger partial charge is 0.432 e. The van der Waals surface area contributed by atoms with Crippen LogP contribution in [-0.2, 0) is 5.67 Å². The molecule has 0 aliphatic carbocycles. The summed E-state index contributed by atoms with van der Waals surface area (Å²) in [6.07, 6.45) is -9.81. The molecular formula is C11H10F6. The lowest BCUT2D eigenvalue weighted by molar-refractivity contribution is -0.274. The molecule has 0 N–H and O–H groups in total. The molecule has 1 atom stereocenters. The summed E-state index contributed by atoms with van der Waals surface area (Å²) in [5.41, 5.74) is -4.75. The van der Waals surface area contributed by atoms with Gasteiger partial charge in [0.05, 0.1) is 0 Å². The molecule has 6 heteroatoms. The van der Waals surface area contributed by atoms with E-state index < -0.39 is 23.8 Å². The zero-order valence-corrected chi connectivity index (χ0v) is 9.08. The minimum absolute atomic E-state index is 0.328. The van der Waals surface area contributed by atoms with Crippen molar-refractivity contribution < 1.29 is 26.3 Å². The summed E-state index contributed by atoms with van der Waals surface area (Å²) < 4.78 is 75.6. The summed E-state index contributed by atoms with van der Waals surface area (Å²) in [5.74, 6) is 0. The Hall–Kier alpha value is -1.20. The normalized spacial score (nSPS) is 16.1. The highest BCUT2D eigenvalue weighted by Crippen LogP contribution is 2.47. The van der Waals surface area contributed by atoms with Gasteiger partial charge >= 0.3 is 6.18 Å². The average Bonchev–Trinajstić information content (AvgIpc) is 2.19. The molecule has 0 heterocycles. The van der Waals surface area contributed by atoms with Gasteiger partial charge in [-0.2, -0.15) is 13.2 Å². The van der Waals surface area contributed by atoms with E-state index in [9.17, 15) is 26.3 Å². The average molecular weight is 256 g/mol. The van der Waals surface area contributed by atoms with Crippen molar-refractivity contribution in [2.24, 2.45) is 0 Å². The lowest BCUT2D eigenvalue weighted by Crippen LogP contribution is -2.44. The molecule has 96 valence electrons. The fourth-order valence-corrected chi connectivity index (χ4v) is 1.38. The Morgan fingerprint density at radius 3 is 1.82 bits per heavy atom. The molecule has 1 rings (SSSR count). The minimum atomic E-state index is -5.65. The van der Waals surface area contributed by atoms with Gasteiger partial charge in [0.2, 0.25) is 0 Å². The van der Waals surface area contributed by atoms with Crippen molar-refractivity contribution in [1.82, 2.24) is 0 Å². The predicted octanol–water partition coefficient (Wildman–Crippen LogP) is 4.30. The molecule has 1 aromatic carbocycles. The first-order chi connectivity index (χ1) is 7.60. The molecule has 0 nitrogen and oxygen atoms in total. The lowest BCUT2D eigenvalue weighted by Gasteiger charge is -2.27. The van der Waals surface area contributed by atoms with Crippen LogP contribution < -0.4 is 0 Å². The van der Waals surface area contributed by atoms with Gasteiger partial charge in [-0.25, -0.2) is 13.2 Å². The van der Waals surface area contributed by atoms with Gasteiger partial charge < -0.3 is 0 Å². The second kappa shape index (κ2) is 4.23. The van der Waals surface area contributed by atoms with Crippen molar-refractivity contribution in [2.75, 3.05) is 0 Å². The molecule has 17 heavy (non-hydrogen) atoms. The number of rotatable bonds is 2. The third-order valence-corrected chi connectivity index (χ3v) is 2.64. The number of halogens is 6. The molecule has 0 saturated heterocycles. The van der Waals surface area contributed by atoms with E-state index in [1.807, 2.05) is 0 Å². The molecule has 0 bridgehead atoms. The maximum atomic E-state index is 13.6. The van der Waals surface area contributed by atoms with Gasteiger partial charge in [0, 0.05) is 5.56 Å². The van der Waals surface area contributed by atoms with Crippen LogP contribution in [-0.4, -0.2) is 12.6 Å². The van der Waals surface area contributed by atoms with Crippen molar-refractivity contribution >= 4 is 0 Å². The Morgan fingerprint density at radius 1 is 0.941 bits per heavy atom. The first kappa shape index (κ1) is 13.9. The minimum Gasteiger partial charge on any atom is -0.222 e. The molecule has 0 aromatic heterocycles. The summed E-state index contributed by atoms with van der Waals surface area (Å²) in [5, 5.41) is 0. The molecule has 0 aliphatic heterocycles. The topological polar surface area (TPSA) is 0 Å². The van der Waals surface area contributed by atoms with Gasteiger partial charge in [-0.15, -0.1) is 0 Å². The van der Waals surface area contributed by atoms with Gasteiger partial charge in [-0.1, -0.05) is 18.2 Å². The Bertz CT molecular complexity index is 409. The Kier molecular flexibility index (Phi) is 3.45. The predicted molar refractivity (Wildman–Crippen MR) is 50.8 cm³/mol. The SMILES string of the molecule is Cc1ccc(C(F)(C(F)F)C(F)(F)F)cc1C. The molecule has 0 radical (unpaired) electrons. The summed E-state index contributed by atoms with van der Waals surface area (Å²) in [6, 6.07) is 2.73. The van der Waals surface area contributed by atoms with Crippen molar-refractivity contribution in [1.29, 1.82) is 0 Å². The summed E-state index contributed by atoms with van der Waals surface area (Å²) in [6.45, 7) is 3.02. The van der Waals surface area contributed by atoms with E-state index in [4.69, 9.17) is 0 Å². The zero-order valence-electron chi connectivity index (χ0n) is 9.08. The number of hydrogen-bond acceptors (Lipinski definition) is 0. The first-order valence-electron chi connectivity index (χ1n) is 4.72. The maximum absolute atomic E-state index is 13.6. The van der Waals surface area contributed by atoms with Gasteiger partial charge in [0.25, 0.3) is 12.1 Å². The Morgan fingerprint density at radius 2 is 1.47 bits per heavy atom. The van der Waals surface area contributed by atoms with Crippen LogP contribution in [0.1, 0.15) is 16.7 Å². The van der Waals surface area contributed by atoms with Gasteiger partial charge in [0.1, 0.15) is 0 Å². The molecule has 1 unspecified atom stereocenters. The van der Waals surface area contributed by atoms with Crippen LogP contribution in [0, 0.1) is 13.8 Å². The summed E-state index contributed by atoms with van der Waals surface area (Å²) in [4.78, 5) is 0. The second-order valence-corrected chi connectivity index (χ2v) is 3.81. The Labute approximate surface area is 94.2 Å². The fourth-order valence-electron chi connectivity index (χ4n) is 1.38. The van der Waals surface area contributed by atoms with Crippen LogP contribution in [0.25, 0.3) is 0 Å². The summed E-state index contributed by atoms with van der Waals surface area (Å²) >= 11 is 0. The van der Waals surface area contributed by atoms with Crippen LogP contribution in [0.5, 0.6) is 0 Å². The molecule has 0 amide bonds. The van der Waals surface area contributed by atoms with E-state index in [2.05, 4.69) is 0 Å². The highest BCUT2D eigenvalue weighted by molar-refractivity contribution is 5.34. The standard InChI is InChI=1S/C11H10F6/c1-6-3-4-8(5-7(6)2)10(14,9(12)13)11(15,16)17/h3-5,9H,1-2H3. The molecular weight excluding hydrogens is 246 g/mol. The van der Waals surface area contributed by atoms with E-state index in [1.165, 1.54) is 13.0 Å². The van der Waals surface area contributed by atoms with Crippen molar-refractivity contribution in [3.05, 3.63) is 34.9 Å². The smallest absolute Gasteiger partial charge is 0.222 e. The van der Waals surface area contributed by atoms with Crippen molar-refractivity contribution in [3.8, 4) is 0 Å². The zero-order chi connectivity index (χ0) is 13.4. The monoisotopic (exact) mass is 256 g/mol. The van der Waals surface area contributed by atoms with E-state index in [-0.39, 0.29) is 0 Å². The first-order valence-corrected chi connectivity index (χ1v) is 4.72. The van der Waals surface area contributed by atoms with Crippen molar-refractivity contribution in [3.63, 3.8) is 0 Å². The third-order valence-electron chi connectivity index (χ3n) is 2.64. The number of benzene rings is 1. The number of alkyl halides is 6. The lowest BCUT2D eigenvalue weighted by atomic mass is 9.92. The molecule has 0 fully saturated rings. The van der Waals surface area contributed by atoms with Crippen LogP contribution in [0.4, 0.5) is 26.3 Å². The van der Waals surface area contributed by atoms with E-state index in [0.29, 0.717) is 11.1 Å². The quantitative estimate of drug-likeness (QED) is 0.692.